The number of carbonyl (C=O) groups excluding carboxylic acids is 1. The van der Waals surface area contributed by atoms with E-state index in [1.54, 1.807) is 24.9 Å². The number of halogens is 1. The second-order valence-electron chi connectivity index (χ2n) is 7.41. The minimum absolute atomic E-state index is 0.0726. The van der Waals surface area contributed by atoms with E-state index in [9.17, 15) is 9.18 Å². The highest BCUT2D eigenvalue weighted by Crippen LogP contribution is 2.30. The fraction of sp³-hybridized carbons (Fsp3) is 0.632. The third kappa shape index (κ3) is 4.69. The number of nitrogens with one attached hydrogen (secondary N) is 1. The lowest BCUT2D eigenvalue weighted by molar-refractivity contribution is 0.173. The summed E-state index contributed by atoms with van der Waals surface area (Å²) in [6, 6.07) is 5.32. The van der Waals surface area contributed by atoms with E-state index in [0.717, 1.165) is 37.4 Å². The first-order valence-corrected chi connectivity index (χ1v) is 9.00. The highest BCUT2D eigenvalue weighted by molar-refractivity contribution is 5.74. The lowest BCUT2D eigenvalue weighted by Gasteiger charge is -2.33. The maximum atomic E-state index is 13.6. The van der Waals surface area contributed by atoms with Gasteiger partial charge in [0.05, 0.1) is 0 Å². The Labute approximate surface area is 144 Å². The van der Waals surface area contributed by atoms with Crippen molar-refractivity contribution in [2.75, 3.05) is 26.7 Å². The Kier molecular flexibility index (Phi) is 5.39. The van der Waals surface area contributed by atoms with Crippen molar-refractivity contribution in [3.63, 3.8) is 0 Å². The molecule has 0 bridgehead atoms. The predicted molar refractivity (Wildman–Crippen MR) is 93.3 cm³/mol. The first-order valence-electron chi connectivity index (χ1n) is 9.00. The summed E-state index contributed by atoms with van der Waals surface area (Å²) in [4.78, 5) is 16.5. The SMILES string of the molecule is Cc1ccc(CN(C)C(=O)NC2CCN(CC3CC3)CC2)cc1F. The number of rotatable bonds is 5. The third-order valence-electron chi connectivity index (χ3n) is 5.13. The van der Waals surface area contributed by atoms with Crippen LogP contribution in [0.3, 0.4) is 0 Å². The summed E-state index contributed by atoms with van der Waals surface area (Å²) >= 11 is 0. The molecule has 0 spiro atoms. The van der Waals surface area contributed by atoms with Gasteiger partial charge in [-0.05, 0) is 55.7 Å². The minimum atomic E-state index is -0.218. The lowest BCUT2D eigenvalue weighted by Crippen LogP contribution is -2.48. The van der Waals surface area contributed by atoms with Crippen LogP contribution < -0.4 is 5.32 Å². The van der Waals surface area contributed by atoms with Crippen molar-refractivity contribution in [1.82, 2.24) is 15.1 Å². The molecule has 4 nitrogen and oxygen atoms in total. The van der Waals surface area contributed by atoms with Gasteiger partial charge in [0.15, 0.2) is 0 Å². The van der Waals surface area contributed by atoms with Crippen LogP contribution in [0.2, 0.25) is 0 Å². The Morgan fingerprint density at radius 3 is 2.62 bits per heavy atom. The van der Waals surface area contributed by atoms with Crippen molar-refractivity contribution in [2.45, 2.75) is 45.2 Å². The van der Waals surface area contributed by atoms with Crippen molar-refractivity contribution in [3.8, 4) is 0 Å². The molecule has 24 heavy (non-hydrogen) atoms. The summed E-state index contributed by atoms with van der Waals surface area (Å²) in [5.41, 5.74) is 1.44. The zero-order valence-electron chi connectivity index (χ0n) is 14.7. The lowest BCUT2D eigenvalue weighted by atomic mass is 10.0. The number of aryl methyl sites for hydroxylation is 1. The molecule has 1 aromatic rings. The quantitative estimate of drug-likeness (QED) is 0.898. The molecule has 1 aromatic carbocycles. The highest BCUT2D eigenvalue weighted by Gasteiger charge is 2.27. The molecule has 1 aliphatic carbocycles. The van der Waals surface area contributed by atoms with Crippen LogP contribution in [-0.4, -0.2) is 48.6 Å². The maximum absolute atomic E-state index is 13.6. The van der Waals surface area contributed by atoms with Gasteiger partial charge in [-0.15, -0.1) is 0 Å². The van der Waals surface area contributed by atoms with Crippen molar-refractivity contribution in [3.05, 3.63) is 35.1 Å². The number of hydrogen-bond donors (Lipinski definition) is 1. The van der Waals surface area contributed by atoms with E-state index in [-0.39, 0.29) is 17.9 Å². The summed E-state index contributed by atoms with van der Waals surface area (Å²) in [5.74, 6) is 0.710. The van der Waals surface area contributed by atoms with Crippen LogP contribution in [0, 0.1) is 18.7 Å². The maximum Gasteiger partial charge on any atom is 0.317 e. The van der Waals surface area contributed by atoms with Gasteiger partial charge in [0.25, 0.3) is 0 Å². The van der Waals surface area contributed by atoms with E-state index in [1.807, 2.05) is 6.07 Å². The van der Waals surface area contributed by atoms with Crippen LogP contribution in [0.25, 0.3) is 0 Å². The third-order valence-corrected chi connectivity index (χ3v) is 5.13. The highest BCUT2D eigenvalue weighted by atomic mass is 19.1. The molecule has 1 heterocycles. The molecular formula is C19H28FN3O. The zero-order valence-corrected chi connectivity index (χ0v) is 14.7. The van der Waals surface area contributed by atoms with E-state index in [1.165, 1.54) is 25.5 Å². The van der Waals surface area contributed by atoms with E-state index in [2.05, 4.69) is 10.2 Å². The second kappa shape index (κ2) is 7.51. The normalized spacial score (nSPS) is 19.3. The molecule has 1 saturated heterocycles. The van der Waals surface area contributed by atoms with Gasteiger partial charge in [0.1, 0.15) is 5.82 Å². The Morgan fingerprint density at radius 1 is 1.29 bits per heavy atom. The molecule has 0 atom stereocenters. The number of likely N-dealkylation sites (tertiary alicyclic amines) is 1. The summed E-state index contributed by atoms with van der Waals surface area (Å²) in [7, 11) is 1.76. The van der Waals surface area contributed by atoms with Gasteiger partial charge >= 0.3 is 6.03 Å². The number of amides is 2. The fourth-order valence-corrected chi connectivity index (χ4v) is 3.29. The Balaban J connectivity index is 1.43. The average molecular weight is 333 g/mol. The number of piperidine rings is 1. The van der Waals surface area contributed by atoms with Crippen molar-refractivity contribution < 1.29 is 9.18 Å². The summed E-state index contributed by atoms with van der Waals surface area (Å²) in [6.07, 6.45) is 4.82. The molecule has 1 aliphatic heterocycles. The first-order chi connectivity index (χ1) is 11.5. The molecule has 2 amide bonds. The molecule has 5 heteroatoms. The molecule has 0 aromatic heterocycles. The monoisotopic (exact) mass is 333 g/mol. The van der Waals surface area contributed by atoms with Crippen LogP contribution in [0.1, 0.15) is 36.8 Å². The topological polar surface area (TPSA) is 35.6 Å². The van der Waals surface area contributed by atoms with E-state index >= 15 is 0 Å². The first kappa shape index (κ1) is 17.2. The minimum Gasteiger partial charge on any atom is -0.335 e. The fourth-order valence-electron chi connectivity index (χ4n) is 3.29. The van der Waals surface area contributed by atoms with Crippen LogP contribution in [-0.2, 0) is 6.54 Å². The molecule has 3 rings (SSSR count). The van der Waals surface area contributed by atoms with Gasteiger partial charge in [-0.25, -0.2) is 9.18 Å². The number of carbonyl (C=O) groups is 1. The molecule has 1 saturated carbocycles. The van der Waals surface area contributed by atoms with Gasteiger partial charge in [-0.1, -0.05) is 12.1 Å². The van der Waals surface area contributed by atoms with Gasteiger partial charge in [0, 0.05) is 39.3 Å². The number of hydrogen-bond acceptors (Lipinski definition) is 2. The summed E-state index contributed by atoms with van der Waals surface area (Å²) < 4.78 is 13.6. The molecule has 0 unspecified atom stereocenters. The van der Waals surface area contributed by atoms with Crippen molar-refractivity contribution in [1.29, 1.82) is 0 Å². The van der Waals surface area contributed by atoms with E-state index in [4.69, 9.17) is 0 Å². The van der Waals surface area contributed by atoms with Crippen molar-refractivity contribution >= 4 is 6.03 Å². The average Bonchev–Trinajstić information content (AvgIpc) is 3.37. The van der Waals surface area contributed by atoms with E-state index in [0.29, 0.717) is 12.1 Å². The zero-order chi connectivity index (χ0) is 17.1. The Bertz CT molecular complexity index is 580. The molecule has 2 fully saturated rings. The molecule has 1 N–H and O–H groups in total. The Morgan fingerprint density at radius 2 is 2.00 bits per heavy atom. The second-order valence-corrected chi connectivity index (χ2v) is 7.41. The van der Waals surface area contributed by atoms with Crippen LogP contribution >= 0.6 is 0 Å². The number of urea groups is 1. The van der Waals surface area contributed by atoms with Crippen LogP contribution in [0.5, 0.6) is 0 Å². The predicted octanol–water partition coefficient (Wildman–Crippen LogP) is 3.15. The smallest absolute Gasteiger partial charge is 0.317 e. The van der Waals surface area contributed by atoms with Crippen LogP contribution in [0.15, 0.2) is 18.2 Å². The van der Waals surface area contributed by atoms with Gasteiger partial charge < -0.3 is 15.1 Å². The summed E-state index contributed by atoms with van der Waals surface area (Å²) in [5, 5.41) is 3.12. The molecule has 132 valence electrons. The van der Waals surface area contributed by atoms with Gasteiger partial charge in [-0.2, -0.15) is 0 Å². The van der Waals surface area contributed by atoms with Crippen molar-refractivity contribution in [2.24, 2.45) is 5.92 Å². The van der Waals surface area contributed by atoms with Gasteiger partial charge in [0.2, 0.25) is 0 Å². The molecule has 0 radical (unpaired) electrons. The largest absolute Gasteiger partial charge is 0.335 e. The summed E-state index contributed by atoms with van der Waals surface area (Å²) in [6.45, 7) is 5.55. The molecule has 2 aliphatic rings. The standard InChI is InChI=1S/C19H28FN3O/c1-14-3-4-16(11-18(14)20)12-22(2)19(24)21-17-7-9-23(10-8-17)13-15-5-6-15/h3-4,11,15,17H,5-10,12-13H2,1-2H3,(H,21,24). The van der Waals surface area contributed by atoms with Crippen LogP contribution in [0.4, 0.5) is 9.18 Å². The van der Waals surface area contributed by atoms with E-state index < -0.39 is 0 Å². The number of nitrogens with zero attached hydrogens (tertiary/aromatic N) is 2. The van der Waals surface area contributed by atoms with Gasteiger partial charge in [-0.3, -0.25) is 0 Å². The Hall–Kier alpha value is -1.62. The molecular weight excluding hydrogens is 305 g/mol. The number of benzene rings is 1.